The van der Waals surface area contributed by atoms with Crippen molar-refractivity contribution in [2.45, 2.75) is 19.4 Å². The molecule has 19 heavy (non-hydrogen) atoms. The van der Waals surface area contributed by atoms with Crippen molar-refractivity contribution in [1.82, 2.24) is 4.98 Å². The molecule has 1 aromatic heterocycles. The SMILES string of the molecule is COc1ncccc1C(N)Cc1ccc(F)cc1C. The topological polar surface area (TPSA) is 48.1 Å². The molecular formula is C15H17FN2O. The first kappa shape index (κ1) is 13.5. The van der Waals surface area contributed by atoms with Gasteiger partial charge in [0.25, 0.3) is 0 Å². The second kappa shape index (κ2) is 5.80. The Morgan fingerprint density at radius 1 is 1.37 bits per heavy atom. The van der Waals surface area contributed by atoms with Crippen LogP contribution in [0.4, 0.5) is 4.39 Å². The molecule has 2 rings (SSSR count). The number of pyridine rings is 1. The third kappa shape index (κ3) is 3.09. The summed E-state index contributed by atoms with van der Waals surface area (Å²) in [6.07, 6.45) is 2.28. The molecule has 0 saturated carbocycles. The second-order valence-corrected chi connectivity index (χ2v) is 4.48. The Hall–Kier alpha value is -1.94. The first-order valence-corrected chi connectivity index (χ1v) is 6.11. The standard InChI is InChI=1S/C15H17FN2O/c1-10-8-12(16)6-5-11(10)9-14(17)13-4-3-7-18-15(13)19-2/h3-8,14H,9,17H2,1-2H3. The molecule has 0 aliphatic carbocycles. The fraction of sp³-hybridized carbons (Fsp3) is 0.267. The van der Waals surface area contributed by atoms with E-state index in [0.717, 1.165) is 16.7 Å². The normalized spacial score (nSPS) is 12.2. The van der Waals surface area contributed by atoms with E-state index in [2.05, 4.69) is 4.98 Å². The number of halogens is 1. The molecule has 2 aromatic rings. The molecule has 3 nitrogen and oxygen atoms in total. The molecule has 0 aliphatic rings. The zero-order valence-corrected chi connectivity index (χ0v) is 11.1. The van der Waals surface area contributed by atoms with Gasteiger partial charge in [-0.25, -0.2) is 9.37 Å². The molecule has 1 heterocycles. The smallest absolute Gasteiger partial charge is 0.217 e. The summed E-state index contributed by atoms with van der Waals surface area (Å²) in [5.41, 5.74) is 8.98. The van der Waals surface area contributed by atoms with Crippen molar-refractivity contribution in [2.75, 3.05) is 7.11 Å². The van der Waals surface area contributed by atoms with Crippen molar-refractivity contribution in [3.05, 3.63) is 59.0 Å². The minimum atomic E-state index is -0.229. The molecule has 1 atom stereocenters. The van der Waals surface area contributed by atoms with Crippen LogP contribution in [0.25, 0.3) is 0 Å². The lowest BCUT2D eigenvalue weighted by atomic mass is 9.97. The van der Waals surface area contributed by atoms with Crippen LogP contribution in [0.2, 0.25) is 0 Å². The van der Waals surface area contributed by atoms with Crippen molar-refractivity contribution >= 4 is 0 Å². The van der Waals surface area contributed by atoms with Crippen LogP contribution in [0.1, 0.15) is 22.7 Å². The van der Waals surface area contributed by atoms with Gasteiger partial charge < -0.3 is 10.5 Å². The van der Waals surface area contributed by atoms with Gasteiger partial charge in [0, 0.05) is 17.8 Å². The zero-order chi connectivity index (χ0) is 13.8. The first-order valence-electron chi connectivity index (χ1n) is 6.11. The van der Waals surface area contributed by atoms with E-state index in [-0.39, 0.29) is 11.9 Å². The molecule has 1 unspecified atom stereocenters. The van der Waals surface area contributed by atoms with Gasteiger partial charge in [0.1, 0.15) is 5.82 Å². The Balaban J connectivity index is 2.23. The summed E-state index contributed by atoms with van der Waals surface area (Å²) in [7, 11) is 1.57. The molecule has 0 radical (unpaired) electrons. The Morgan fingerprint density at radius 2 is 2.16 bits per heavy atom. The van der Waals surface area contributed by atoms with Crippen LogP contribution in [-0.4, -0.2) is 12.1 Å². The molecule has 0 amide bonds. The predicted octanol–water partition coefficient (Wildman–Crippen LogP) is 2.78. The lowest BCUT2D eigenvalue weighted by molar-refractivity contribution is 0.388. The van der Waals surface area contributed by atoms with E-state index >= 15 is 0 Å². The highest BCUT2D eigenvalue weighted by molar-refractivity contribution is 5.33. The molecule has 0 fully saturated rings. The average molecular weight is 260 g/mol. The van der Waals surface area contributed by atoms with Crippen molar-refractivity contribution in [2.24, 2.45) is 5.73 Å². The van der Waals surface area contributed by atoms with Crippen LogP contribution in [-0.2, 0) is 6.42 Å². The lowest BCUT2D eigenvalue weighted by Gasteiger charge is -2.16. The Labute approximate surface area is 112 Å². The van der Waals surface area contributed by atoms with Crippen molar-refractivity contribution < 1.29 is 9.13 Å². The summed E-state index contributed by atoms with van der Waals surface area (Å²) in [5.74, 6) is 0.309. The van der Waals surface area contributed by atoms with Crippen molar-refractivity contribution in [3.8, 4) is 5.88 Å². The van der Waals surface area contributed by atoms with Gasteiger partial charge >= 0.3 is 0 Å². The molecule has 100 valence electrons. The van der Waals surface area contributed by atoms with Crippen LogP contribution >= 0.6 is 0 Å². The maximum atomic E-state index is 13.1. The summed E-state index contributed by atoms with van der Waals surface area (Å²) >= 11 is 0. The van der Waals surface area contributed by atoms with E-state index in [1.165, 1.54) is 12.1 Å². The number of hydrogen-bond acceptors (Lipinski definition) is 3. The van der Waals surface area contributed by atoms with Gasteiger partial charge in [-0.3, -0.25) is 0 Å². The van der Waals surface area contributed by atoms with Crippen molar-refractivity contribution in [1.29, 1.82) is 0 Å². The number of aromatic nitrogens is 1. The number of nitrogens with two attached hydrogens (primary N) is 1. The minimum absolute atomic E-state index is 0.228. The van der Waals surface area contributed by atoms with Crippen LogP contribution in [0.15, 0.2) is 36.5 Å². The summed E-state index contributed by atoms with van der Waals surface area (Å²) in [4.78, 5) is 4.13. The summed E-state index contributed by atoms with van der Waals surface area (Å²) in [5, 5.41) is 0. The summed E-state index contributed by atoms with van der Waals surface area (Å²) in [6, 6.07) is 8.24. The van der Waals surface area contributed by atoms with Crippen LogP contribution < -0.4 is 10.5 Å². The third-order valence-electron chi connectivity index (χ3n) is 3.14. The maximum absolute atomic E-state index is 13.1. The molecule has 4 heteroatoms. The quantitative estimate of drug-likeness (QED) is 0.919. The third-order valence-corrected chi connectivity index (χ3v) is 3.14. The van der Waals surface area contributed by atoms with Crippen LogP contribution in [0.3, 0.4) is 0 Å². The van der Waals surface area contributed by atoms with E-state index in [1.54, 1.807) is 19.4 Å². The number of benzene rings is 1. The zero-order valence-electron chi connectivity index (χ0n) is 11.1. The van der Waals surface area contributed by atoms with Gasteiger partial charge in [0.15, 0.2) is 0 Å². The predicted molar refractivity (Wildman–Crippen MR) is 72.6 cm³/mol. The molecule has 0 spiro atoms. The highest BCUT2D eigenvalue weighted by atomic mass is 19.1. The van der Waals surface area contributed by atoms with Crippen LogP contribution in [0, 0.1) is 12.7 Å². The molecular weight excluding hydrogens is 243 g/mol. The highest BCUT2D eigenvalue weighted by Crippen LogP contribution is 2.24. The molecule has 1 aromatic carbocycles. The van der Waals surface area contributed by atoms with Gasteiger partial charge in [0.05, 0.1) is 7.11 Å². The van der Waals surface area contributed by atoms with Gasteiger partial charge in [-0.05, 0) is 42.7 Å². The van der Waals surface area contributed by atoms with E-state index in [9.17, 15) is 4.39 Å². The van der Waals surface area contributed by atoms with Crippen LogP contribution in [0.5, 0.6) is 5.88 Å². The molecule has 0 bridgehead atoms. The van der Waals surface area contributed by atoms with Gasteiger partial charge in [-0.15, -0.1) is 0 Å². The Morgan fingerprint density at radius 3 is 2.84 bits per heavy atom. The lowest BCUT2D eigenvalue weighted by Crippen LogP contribution is -2.15. The molecule has 2 N–H and O–H groups in total. The molecule has 0 aliphatic heterocycles. The Bertz CT molecular complexity index is 572. The fourth-order valence-electron chi connectivity index (χ4n) is 2.09. The highest BCUT2D eigenvalue weighted by Gasteiger charge is 2.14. The van der Waals surface area contributed by atoms with E-state index in [0.29, 0.717) is 12.3 Å². The number of methoxy groups -OCH3 is 1. The number of aryl methyl sites for hydroxylation is 1. The number of rotatable bonds is 4. The summed E-state index contributed by atoms with van der Waals surface area (Å²) < 4.78 is 18.3. The monoisotopic (exact) mass is 260 g/mol. The number of hydrogen-bond donors (Lipinski definition) is 1. The fourth-order valence-corrected chi connectivity index (χ4v) is 2.09. The minimum Gasteiger partial charge on any atom is -0.481 e. The maximum Gasteiger partial charge on any atom is 0.217 e. The second-order valence-electron chi connectivity index (χ2n) is 4.48. The number of nitrogens with zero attached hydrogens (tertiary/aromatic N) is 1. The van der Waals surface area contributed by atoms with E-state index in [4.69, 9.17) is 10.5 Å². The first-order chi connectivity index (χ1) is 9.11. The summed E-state index contributed by atoms with van der Waals surface area (Å²) in [6.45, 7) is 1.88. The Kier molecular flexibility index (Phi) is 4.12. The van der Waals surface area contributed by atoms with Gasteiger partial charge in [0.2, 0.25) is 5.88 Å². The van der Waals surface area contributed by atoms with Crippen molar-refractivity contribution in [3.63, 3.8) is 0 Å². The number of ether oxygens (including phenoxy) is 1. The molecule has 0 saturated heterocycles. The average Bonchev–Trinajstić information content (AvgIpc) is 2.41. The van der Waals surface area contributed by atoms with Gasteiger partial charge in [-0.2, -0.15) is 0 Å². The van der Waals surface area contributed by atoms with Gasteiger partial charge in [-0.1, -0.05) is 12.1 Å². The largest absolute Gasteiger partial charge is 0.481 e. The van der Waals surface area contributed by atoms with E-state index < -0.39 is 0 Å². The van der Waals surface area contributed by atoms with E-state index in [1.807, 2.05) is 19.1 Å².